The molecule has 1 atom stereocenters. The van der Waals surface area contributed by atoms with Gasteiger partial charge in [0.2, 0.25) is 0 Å². The van der Waals surface area contributed by atoms with Gasteiger partial charge in [-0.3, -0.25) is 4.79 Å². The van der Waals surface area contributed by atoms with Gasteiger partial charge < -0.3 is 15.7 Å². The number of nitrogens with zero attached hydrogens (tertiary/aromatic N) is 1. The molecule has 1 aromatic carbocycles. The smallest absolute Gasteiger partial charge is 0.257 e. The number of nitrogens with one attached hydrogen (secondary N) is 2. The van der Waals surface area contributed by atoms with E-state index < -0.39 is 0 Å². The highest BCUT2D eigenvalue weighted by Gasteiger charge is 2.10. The number of pyridine rings is 1. The average molecular weight is 366 g/mol. The molecule has 0 saturated carbocycles. The molecule has 0 aliphatic heterocycles. The number of hydrogen-bond acceptors (Lipinski definition) is 5. The maximum absolute atomic E-state index is 12.2. The Hall–Kier alpha value is -1.76. The van der Waals surface area contributed by atoms with Gasteiger partial charge in [-0.05, 0) is 43.0 Å². The van der Waals surface area contributed by atoms with Gasteiger partial charge >= 0.3 is 0 Å². The molecule has 7 heteroatoms. The van der Waals surface area contributed by atoms with Gasteiger partial charge in [0, 0.05) is 35.3 Å². The number of anilines is 2. The fraction of sp³-hybridized carbons (Fsp3) is 0.294. The molecular formula is C17H20ClN3O2S. The van der Waals surface area contributed by atoms with Crippen molar-refractivity contribution in [3.8, 4) is 0 Å². The summed E-state index contributed by atoms with van der Waals surface area (Å²) in [5.74, 6) is 1.31. The highest BCUT2D eigenvalue weighted by atomic mass is 35.5. The lowest BCUT2D eigenvalue weighted by Crippen LogP contribution is -2.24. The van der Waals surface area contributed by atoms with E-state index in [0.29, 0.717) is 28.5 Å². The minimum atomic E-state index is -0.243. The van der Waals surface area contributed by atoms with Crippen molar-refractivity contribution in [2.45, 2.75) is 12.5 Å². The highest BCUT2D eigenvalue weighted by Crippen LogP contribution is 2.16. The number of halogens is 1. The van der Waals surface area contributed by atoms with E-state index in [2.05, 4.69) is 15.6 Å². The maximum Gasteiger partial charge on any atom is 0.257 e. The molecule has 1 unspecified atom stereocenters. The molecular weight excluding hydrogens is 346 g/mol. The van der Waals surface area contributed by atoms with Crippen molar-refractivity contribution in [1.29, 1.82) is 0 Å². The van der Waals surface area contributed by atoms with E-state index >= 15 is 0 Å². The maximum atomic E-state index is 12.2. The zero-order chi connectivity index (χ0) is 17.4. The Bertz CT molecular complexity index is 661. The number of aromatic nitrogens is 1. The number of hydrogen-bond donors (Lipinski definition) is 3. The summed E-state index contributed by atoms with van der Waals surface area (Å²) in [6, 6.07) is 10.6. The average Bonchev–Trinajstić information content (AvgIpc) is 2.56. The summed E-state index contributed by atoms with van der Waals surface area (Å²) in [5, 5.41) is 15.7. The van der Waals surface area contributed by atoms with Crippen molar-refractivity contribution < 1.29 is 9.90 Å². The third-order valence-electron chi connectivity index (χ3n) is 3.31. The predicted octanol–water partition coefficient (Wildman–Crippen LogP) is 3.51. The number of benzene rings is 1. The number of carbonyl (C=O) groups is 1. The summed E-state index contributed by atoms with van der Waals surface area (Å²) in [7, 11) is 0. The quantitative estimate of drug-likeness (QED) is 0.667. The standard InChI is InChI=1S/C17H20ClN3O2S/c1-24-11-15(7-8-22)20-16-6-5-12(10-19-16)17(23)21-14-4-2-3-13(18)9-14/h2-6,9-10,15,22H,7-8,11H2,1H3,(H,19,20)(H,21,23). The lowest BCUT2D eigenvalue weighted by molar-refractivity contribution is 0.102. The van der Waals surface area contributed by atoms with Gasteiger partial charge in [-0.25, -0.2) is 4.98 Å². The summed E-state index contributed by atoms with van der Waals surface area (Å²) in [4.78, 5) is 16.5. The molecule has 1 heterocycles. The Labute approximate surface area is 150 Å². The van der Waals surface area contributed by atoms with Crippen LogP contribution in [-0.4, -0.2) is 40.7 Å². The van der Waals surface area contributed by atoms with Crippen LogP contribution in [0.3, 0.4) is 0 Å². The lowest BCUT2D eigenvalue weighted by atomic mass is 10.2. The van der Waals surface area contributed by atoms with E-state index in [9.17, 15) is 4.79 Å². The SMILES string of the molecule is CSCC(CCO)Nc1ccc(C(=O)Nc2cccc(Cl)c2)cn1. The third-order valence-corrected chi connectivity index (χ3v) is 4.28. The van der Waals surface area contributed by atoms with Crippen molar-refractivity contribution >= 4 is 40.8 Å². The number of aliphatic hydroxyl groups excluding tert-OH is 1. The molecule has 0 radical (unpaired) electrons. The minimum Gasteiger partial charge on any atom is -0.396 e. The summed E-state index contributed by atoms with van der Waals surface area (Å²) < 4.78 is 0. The van der Waals surface area contributed by atoms with Gasteiger partial charge in [-0.15, -0.1) is 0 Å². The second-order valence-electron chi connectivity index (χ2n) is 5.21. The molecule has 0 saturated heterocycles. The predicted molar refractivity (Wildman–Crippen MR) is 101 cm³/mol. The van der Waals surface area contributed by atoms with Crippen LogP contribution in [0.25, 0.3) is 0 Å². The van der Waals surface area contributed by atoms with Crippen LogP contribution < -0.4 is 10.6 Å². The third kappa shape index (κ3) is 5.70. The van der Waals surface area contributed by atoms with Crippen molar-refractivity contribution in [2.24, 2.45) is 0 Å². The van der Waals surface area contributed by atoms with Gasteiger partial charge in [0.15, 0.2) is 0 Å². The van der Waals surface area contributed by atoms with Gasteiger partial charge in [0.1, 0.15) is 5.82 Å². The molecule has 0 fully saturated rings. The molecule has 2 aromatic rings. The van der Waals surface area contributed by atoms with E-state index in [0.717, 1.165) is 5.75 Å². The molecule has 5 nitrogen and oxygen atoms in total. The molecule has 1 aromatic heterocycles. The Morgan fingerprint density at radius 2 is 2.21 bits per heavy atom. The van der Waals surface area contributed by atoms with E-state index in [1.807, 2.05) is 6.26 Å². The summed E-state index contributed by atoms with van der Waals surface area (Å²) >= 11 is 7.61. The summed E-state index contributed by atoms with van der Waals surface area (Å²) in [6.07, 6.45) is 4.19. The highest BCUT2D eigenvalue weighted by molar-refractivity contribution is 7.98. The first-order valence-corrected chi connectivity index (χ1v) is 9.29. The van der Waals surface area contributed by atoms with Crippen LogP contribution in [0.15, 0.2) is 42.6 Å². The fourth-order valence-corrected chi connectivity index (χ4v) is 2.99. The number of thioether (sulfide) groups is 1. The van der Waals surface area contributed by atoms with E-state index in [1.165, 1.54) is 6.20 Å². The molecule has 3 N–H and O–H groups in total. The van der Waals surface area contributed by atoms with Crippen molar-refractivity contribution in [2.75, 3.05) is 29.2 Å². The van der Waals surface area contributed by atoms with Crippen LogP contribution in [0.5, 0.6) is 0 Å². The number of carbonyl (C=O) groups excluding carboxylic acids is 1. The van der Waals surface area contributed by atoms with Crippen molar-refractivity contribution in [3.05, 3.63) is 53.2 Å². The fourth-order valence-electron chi connectivity index (χ4n) is 2.15. The number of aliphatic hydroxyl groups is 1. The minimum absolute atomic E-state index is 0.123. The molecule has 0 spiro atoms. The van der Waals surface area contributed by atoms with E-state index in [1.54, 1.807) is 48.2 Å². The van der Waals surface area contributed by atoms with Gasteiger partial charge in [-0.2, -0.15) is 11.8 Å². The largest absolute Gasteiger partial charge is 0.396 e. The second-order valence-corrected chi connectivity index (χ2v) is 6.55. The monoisotopic (exact) mass is 365 g/mol. The zero-order valence-electron chi connectivity index (χ0n) is 13.3. The Kier molecular flexibility index (Phi) is 7.36. The first-order chi connectivity index (χ1) is 11.6. The number of rotatable bonds is 8. The topological polar surface area (TPSA) is 74.2 Å². The molecule has 128 valence electrons. The lowest BCUT2D eigenvalue weighted by Gasteiger charge is -2.17. The summed E-state index contributed by atoms with van der Waals surface area (Å²) in [5.41, 5.74) is 1.10. The van der Waals surface area contributed by atoms with Crippen LogP contribution in [-0.2, 0) is 0 Å². The van der Waals surface area contributed by atoms with Crippen LogP contribution >= 0.6 is 23.4 Å². The Morgan fingerprint density at radius 1 is 1.38 bits per heavy atom. The first kappa shape index (κ1) is 18.6. The molecule has 0 aliphatic carbocycles. The van der Waals surface area contributed by atoms with Crippen molar-refractivity contribution in [1.82, 2.24) is 4.98 Å². The molecule has 0 bridgehead atoms. The second kappa shape index (κ2) is 9.52. The molecule has 0 aliphatic rings. The normalized spacial score (nSPS) is 11.8. The molecule has 24 heavy (non-hydrogen) atoms. The first-order valence-electron chi connectivity index (χ1n) is 7.51. The van der Waals surface area contributed by atoms with Gasteiger partial charge in [0.25, 0.3) is 5.91 Å². The van der Waals surface area contributed by atoms with E-state index in [-0.39, 0.29) is 18.6 Å². The molecule has 1 amide bonds. The Morgan fingerprint density at radius 3 is 2.83 bits per heavy atom. The van der Waals surface area contributed by atoms with Crippen LogP contribution in [0, 0.1) is 0 Å². The number of amides is 1. The van der Waals surface area contributed by atoms with Crippen LogP contribution in [0.1, 0.15) is 16.8 Å². The van der Waals surface area contributed by atoms with Crippen molar-refractivity contribution in [3.63, 3.8) is 0 Å². The zero-order valence-corrected chi connectivity index (χ0v) is 14.9. The summed E-state index contributed by atoms with van der Waals surface area (Å²) in [6.45, 7) is 0.123. The van der Waals surface area contributed by atoms with Crippen LogP contribution in [0.2, 0.25) is 5.02 Å². The van der Waals surface area contributed by atoms with Crippen LogP contribution in [0.4, 0.5) is 11.5 Å². The van der Waals surface area contributed by atoms with E-state index in [4.69, 9.17) is 16.7 Å². The van der Waals surface area contributed by atoms with Gasteiger partial charge in [-0.1, -0.05) is 17.7 Å². The van der Waals surface area contributed by atoms with Gasteiger partial charge in [0.05, 0.1) is 5.56 Å². The Balaban J connectivity index is 1.99. The molecule has 2 rings (SSSR count).